The van der Waals surface area contributed by atoms with Gasteiger partial charge < -0.3 is 15.1 Å². The van der Waals surface area contributed by atoms with Gasteiger partial charge in [0.25, 0.3) is 0 Å². The van der Waals surface area contributed by atoms with Crippen molar-refractivity contribution in [3.63, 3.8) is 0 Å². The van der Waals surface area contributed by atoms with Gasteiger partial charge in [0.15, 0.2) is 5.11 Å². The lowest BCUT2D eigenvalue weighted by molar-refractivity contribution is -0.125. The lowest BCUT2D eigenvalue weighted by atomic mass is 9.78. The first-order valence-electron chi connectivity index (χ1n) is 9.34. The molecule has 0 aromatic heterocycles. The van der Waals surface area contributed by atoms with Crippen molar-refractivity contribution < 1.29 is 4.79 Å². The third kappa shape index (κ3) is 6.46. The quantitative estimate of drug-likeness (QED) is 0.457. The van der Waals surface area contributed by atoms with Gasteiger partial charge in [-0.05, 0) is 49.9 Å². The Morgan fingerprint density at radius 2 is 1.72 bits per heavy atom. The lowest BCUT2D eigenvalue weighted by Crippen LogP contribution is -2.40. The molecule has 0 aromatic rings. The fourth-order valence-electron chi connectivity index (χ4n) is 3.59. The van der Waals surface area contributed by atoms with Crippen molar-refractivity contribution in [1.29, 1.82) is 0 Å². The largest absolute Gasteiger partial charge is 0.366 e. The predicted octanol–water partition coefficient (Wildman–Crippen LogP) is 3.74. The maximum atomic E-state index is 12.7. The van der Waals surface area contributed by atoms with Gasteiger partial charge in [0.1, 0.15) is 0 Å². The molecule has 4 nitrogen and oxygen atoms in total. The summed E-state index contributed by atoms with van der Waals surface area (Å²) < 4.78 is 0. The van der Waals surface area contributed by atoms with E-state index in [0.717, 1.165) is 44.0 Å². The zero-order chi connectivity index (χ0) is 19.0. The van der Waals surface area contributed by atoms with Crippen LogP contribution in [-0.2, 0) is 4.79 Å². The van der Waals surface area contributed by atoms with E-state index >= 15 is 0 Å². The van der Waals surface area contributed by atoms with E-state index in [1.54, 1.807) is 6.08 Å². The van der Waals surface area contributed by atoms with E-state index in [-0.39, 0.29) is 11.3 Å². The summed E-state index contributed by atoms with van der Waals surface area (Å²) in [6.45, 7) is 14.2. The fraction of sp³-hybridized carbons (Fsp3) is 0.700. The van der Waals surface area contributed by atoms with Crippen LogP contribution in [0.4, 0.5) is 0 Å². The molecule has 0 aromatic carbocycles. The minimum Gasteiger partial charge on any atom is -0.366 e. The van der Waals surface area contributed by atoms with Crippen LogP contribution in [-0.4, -0.2) is 54.0 Å². The highest BCUT2D eigenvalue weighted by atomic mass is 32.1. The van der Waals surface area contributed by atoms with Gasteiger partial charge in [-0.2, -0.15) is 0 Å². The maximum Gasteiger partial charge on any atom is 0.246 e. The zero-order valence-electron chi connectivity index (χ0n) is 16.8. The van der Waals surface area contributed by atoms with Crippen LogP contribution >= 0.6 is 12.2 Å². The summed E-state index contributed by atoms with van der Waals surface area (Å²) >= 11 is 5.31. The molecule has 5 heteroatoms. The average molecular weight is 366 g/mol. The van der Waals surface area contributed by atoms with Crippen molar-refractivity contribution in [2.24, 2.45) is 5.41 Å². The monoisotopic (exact) mass is 365 g/mol. The van der Waals surface area contributed by atoms with Crippen molar-refractivity contribution >= 4 is 23.2 Å². The van der Waals surface area contributed by atoms with E-state index in [4.69, 9.17) is 12.2 Å². The number of allylic oxidation sites excluding steroid dienone is 3. The van der Waals surface area contributed by atoms with Gasteiger partial charge in [-0.25, -0.2) is 0 Å². The summed E-state index contributed by atoms with van der Waals surface area (Å²) in [5, 5.41) is 3.78. The summed E-state index contributed by atoms with van der Waals surface area (Å²) in [7, 11) is 1.85. The molecule has 0 aliphatic carbocycles. The number of hydrogen-bond acceptors (Lipinski definition) is 2. The number of nitrogens with one attached hydrogen (secondary N) is 1. The third-order valence-electron chi connectivity index (χ3n) is 4.84. The van der Waals surface area contributed by atoms with Gasteiger partial charge in [-0.1, -0.05) is 38.8 Å². The lowest BCUT2D eigenvalue weighted by Gasteiger charge is -2.28. The van der Waals surface area contributed by atoms with Crippen molar-refractivity contribution in [2.75, 3.05) is 33.2 Å². The first kappa shape index (κ1) is 21.7. The molecule has 0 radical (unpaired) electrons. The smallest absolute Gasteiger partial charge is 0.246 e. The molecule has 0 spiro atoms. The molecular weight excluding hydrogens is 330 g/mol. The molecular formula is C20H35N3OS. The van der Waals surface area contributed by atoms with E-state index in [1.165, 1.54) is 11.1 Å². The second kappa shape index (κ2) is 9.95. The van der Waals surface area contributed by atoms with Crippen LogP contribution in [0, 0.1) is 5.41 Å². The Morgan fingerprint density at radius 1 is 1.12 bits per heavy atom. The highest BCUT2D eigenvalue weighted by molar-refractivity contribution is 7.80. The molecule has 1 N–H and O–H groups in total. The Balaban J connectivity index is 2.78. The predicted molar refractivity (Wildman–Crippen MR) is 111 cm³/mol. The average Bonchev–Trinajstić information content (AvgIpc) is 2.79. The van der Waals surface area contributed by atoms with E-state index in [2.05, 4.69) is 44.8 Å². The molecule has 0 saturated carbocycles. The summed E-state index contributed by atoms with van der Waals surface area (Å²) in [4.78, 5) is 16.7. The fourth-order valence-corrected chi connectivity index (χ4v) is 3.77. The number of carbonyl (C=O) groups is 1. The second-order valence-corrected chi connectivity index (χ2v) is 7.99. The molecule has 0 unspecified atom stereocenters. The molecule has 0 atom stereocenters. The van der Waals surface area contributed by atoms with Gasteiger partial charge in [0.2, 0.25) is 5.91 Å². The molecule has 1 fully saturated rings. The van der Waals surface area contributed by atoms with Crippen LogP contribution in [0.1, 0.15) is 53.9 Å². The van der Waals surface area contributed by atoms with Crippen LogP contribution < -0.4 is 5.32 Å². The molecule has 1 saturated heterocycles. The minimum absolute atomic E-state index is 0.0962. The van der Waals surface area contributed by atoms with Gasteiger partial charge in [-0.3, -0.25) is 4.79 Å². The highest BCUT2D eigenvalue weighted by Crippen LogP contribution is 2.34. The third-order valence-corrected chi connectivity index (χ3v) is 5.31. The Hall–Kier alpha value is -1.36. The Kier molecular flexibility index (Phi) is 8.63. The molecule has 1 heterocycles. The van der Waals surface area contributed by atoms with Gasteiger partial charge in [0, 0.05) is 39.3 Å². The summed E-state index contributed by atoms with van der Waals surface area (Å²) in [5.41, 5.74) is 2.65. The molecule has 1 aliphatic heterocycles. The van der Waals surface area contributed by atoms with E-state index in [1.807, 2.05) is 18.0 Å². The summed E-state index contributed by atoms with van der Waals surface area (Å²) in [6, 6.07) is 0. The van der Waals surface area contributed by atoms with Gasteiger partial charge >= 0.3 is 0 Å². The topological polar surface area (TPSA) is 35.6 Å². The van der Waals surface area contributed by atoms with Crippen molar-refractivity contribution in [1.82, 2.24) is 15.1 Å². The van der Waals surface area contributed by atoms with Crippen LogP contribution in [0.25, 0.3) is 0 Å². The van der Waals surface area contributed by atoms with Crippen molar-refractivity contribution in [3.05, 3.63) is 23.3 Å². The normalized spacial score (nSPS) is 15.9. The molecule has 0 bridgehead atoms. The Labute approximate surface area is 159 Å². The zero-order valence-corrected chi connectivity index (χ0v) is 17.6. The van der Waals surface area contributed by atoms with Crippen LogP contribution in [0.15, 0.2) is 23.3 Å². The summed E-state index contributed by atoms with van der Waals surface area (Å²) in [5.74, 6) is 0.100. The minimum atomic E-state index is 0.0962. The molecule has 1 rings (SSSR count). The van der Waals surface area contributed by atoms with Crippen LogP contribution in [0.5, 0.6) is 0 Å². The first-order valence-corrected chi connectivity index (χ1v) is 9.75. The second-order valence-electron chi connectivity index (χ2n) is 7.60. The Morgan fingerprint density at radius 3 is 2.28 bits per heavy atom. The molecule has 25 heavy (non-hydrogen) atoms. The number of nitrogens with zero attached hydrogens (tertiary/aromatic N) is 2. The first-order chi connectivity index (χ1) is 11.7. The number of carbonyl (C=O) groups excluding carboxylic acids is 1. The van der Waals surface area contributed by atoms with E-state index in [9.17, 15) is 4.79 Å². The highest BCUT2D eigenvalue weighted by Gasteiger charge is 2.23. The van der Waals surface area contributed by atoms with Gasteiger partial charge in [0.05, 0.1) is 0 Å². The number of hydrogen-bond donors (Lipinski definition) is 1. The standard InChI is InChI=1S/C20H35N3OS/c1-7-11-20(4,5)17(16(2)3)9-10-18(24)22-12-8-13-23(15-14-22)19(25)21-6/h9-10H,7-8,11-15H2,1-6H3,(H,21,25)/b10-9+. The molecule has 1 amide bonds. The van der Waals surface area contributed by atoms with Crippen molar-refractivity contribution in [3.8, 4) is 0 Å². The Bertz CT molecular complexity index is 533. The number of thiocarbonyl (C=S) groups is 1. The number of rotatable bonds is 5. The van der Waals surface area contributed by atoms with Gasteiger partial charge in [-0.15, -0.1) is 0 Å². The maximum absolute atomic E-state index is 12.7. The molecule has 142 valence electrons. The van der Waals surface area contributed by atoms with Crippen molar-refractivity contribution in [2.45, 2.75) is 53.9 Å². The van der Waals surface area contributed by atoms with E-state index in [0.29, 0.717) is 6.54 Å². The molecule has 1 aliphatic rings. The SMILES string of the molecule is CCCC(C)(C)C(/C=C/C(=O)N1CCCN(C(=S)NC)CC1)=C(C)C. The van der Waals surface area contributed by atoms with Crippen LogP contribution in [0.2, 0.25) is 0 Å². The van der Waals surface area contributed by atoms with Crippen LogP contribution in [0.3, 0.4) is 0 Å². The number of amides is 1. The van der Waals surface area contributed by atoms with E-state index < -0.39 is 0 Å². The summed E-state index contributed by atoms with van der Waals surface area (Å²) in [6.07, 6.45) is 6.99.